The number of aryl methyl sites for hydroxylation is 1. The summed E-state index contributed by atoms with van der Waals surface area (Å²) in [6.07, 6.45) is 1.20. The van der Waals surface area contributed by atoms with E-state index in [9.17, 15) is 4.79 Å². The Kier molecular flexibility index (Phi) is 8.08. The maximum atomic E-state index is 11.5. The molecule has 1 amide bonds. The molecule has 8 heteroatoms. The minimum Gasteiger partial charge on any atom is -0.444 e. The fraction of sp³-hybridized carbons (Fsp3) is 0.688. The average Bonchev–Trinajstić information content (AvgIpc) is 2.96. The first kappa shape index (κ1) is 19.8. The van der Waals surface area contributed by atoms with Gasteiger partial charge in [-0.2, -0.15) is 0 Å². The van der Waals surface area contributed by atoms with E-state index in [1.165, 1.54) is 0 Å². The van der Waals surface area contributed by atoms with E-state index in [1.807, 2.05) is 33.8 Å². The third kappa shape index (κ3) is 8.40. The van der Waals surface area contributed by atoms with Crippen LogP contribution in [0.5, 0.6) is 0 Å². The van der Waals surface area contributed by atoms with Gasteiger partial charge in [0.2, 0.25) is 0 Å². The first-order valence-corrected chi connectivity index (χ1v) is 8.20. The van der Waals surface area contributed by atoms with Crippen LogP contribution in [0.1, 0.15) is 45.6 Å². The Morgan fingerprint density at radius 1 is 1.29 bits per heavy atom. The van der Waals surface area contributed by atoms with Crippen molar-refractivity contribution in [3.8, 4) is 0 Å². The van der Waals surface area contributed by atoms with Crippen LogP contribution in [-0.4, -0.2) is 42.9 Å². The number of carbonyl (C=O) groups is 1. The molecular formula is C16H29N5O3. The number of nitrogens with one attached hydrogen (secondary N) is 3. The normalized spacial score (nSPS) is 12.0. The van der Waals surface area contributed by atoms with Crippen molar-refractivity contribution in [2.45, 2.75) is 52.7 Å². The van der Waals surface area contributed by atoms with Crippen LogP contribution >= 0.6 is 0 Å². The largest absolute Gasteiger partial charge is 0.444 e. The number of aromatic nitrogens is 1. The van der Waals surface area contributed by atoms with Gasteiger partial charge in [0, 0.05) is 26.2 Å². The van der Waals surface area contributed by atoms with Gasteiger partial charge in [0.15, 0.2) is 11.7 Å². The fourth-order valence-corrected chi connectivity index (χ4v) is 1.80. The summed E-state index contributed by atoms with van der Waals surface area (Å²) in [5.74, 6) is 1.43. The van der Waals surface area contributed by atoms with Crippen molar-refractivity contribution < 1.29 is 14.1 Å². The molecule has 0 aliphatic rings. The van der Waals surface area contributed by atoms with E-state index in [2.05, 4.69) is 26.1 Å². The Balaban J connectivity index is 2.17. The van der Waals surface area contributed by atoms with Gasteiger partial charge in [-0.05, 0) is 33.6 Å². The van der Waals surface area contributed by atoms with Crippen molar-refractivity contribution in [2.75, 3.05) is 20.1 Å². The third-order valence-corrected chi connectivity index (χ3v) is 2.94. The van der Waals surface area contributed by atoms with E-state index in [0.29, 0.717) is 25.6 Å². The standard InChI is InChI=1S/C16H29N5O3/c1-6-12-10-13(24-21-12)11-20-14(17-5)18-8-7-9-19-15(22)23-16(2,3)4/h10H,6-9,11H2,1-5H3,(H,19,22)(H2,17,18,20). The molecule has 1 heterocycles. The molecule has 0 saturated heterocycles. The number of hydrogen-bond acceptors (Lipinski definition) is 5. The summed E-state index contributed by atoms with van der Waals surface area (Å²) >= 11 is 0. The summed E-state index contributed by atoms with van der Waals surface area (Å²) < 4.78 is 10.4. The Labute approximate surface area is 143 Å². The first-order chi connectivity index (χ1) is 11.3. The molecule has 0 aliphatic carbocycles. The molecule has 0 saturated carbocycles. The van der Waals surface area contributed by atoms with Crippen LogP contribution in [0.15, 0.2) is 15.6 Å². The van der Waals surface area contributed by atoms with Gasteiger partial charge < -0.3 is 25.2 Å². The van der Waals surface area contributed by atoms with E-state index < -0.39 is 11.7 Å². The summed E-state index contributed by atoms with van der Waals surface area (Å²) in [7, 11) is 1.70. The lowest BCUT2D eigenvalue weighted by molar-refractivity contribution is 0.0527. The zero-order valence-corrected chi connectivity index (χ0v) is 15.2. The average molecular weight is 339 g/mol. The number of rotatable bonds is 7. The number of alkyl carbamates (subject to hydrolysis) is 1. The highest BCUT2D eigenvalue weighted by molar-refractivity contribution is 5.79. The van der Waals surface area contributed by atoms with Gasteiger partial charge in [-0.3, -0.25) is 4.99 Å². The maximum absolute atomic E-state index is 11.5. The van der Waals surface area contributed by atoms with Crippen molar-refractivity contribution in [2.24, 2.45) is 4.99 Å². The van der Waals surface area contributed by atoms with Crippen molar-refractivity contribution in [3.63, 3.8) is 0 Å². The van der Waals surface area contributed by atoms with Gasteiger partial charge >= 0.3 is 6.09 Å². The van der Waals surface area contributed by atoms with E-state index in [0.717, 1.165) is 24.3 Å². The Hall–Kier alpha value is -2.25. The van der Waals surface area contributed by atoms with Crippen molar-refractivity contribution in [3.05, 3.63) is 17.5 Å². The van der Waals surface area contributed by atoms with E-state index >= 15 is 0 Å². The molecule has 0 atom stereocenters. The highest BCUT2D eigenvalue weighted by atomic mass is 16.6. The Bertz CT molecular complexity index is 534. The minimum absolute atomic E-state index is 0.401. The molecule has 0 radical (unpaired) electrons. The summed E-state index contributed by atoms with van der Waals surface area (Å²) in [5, 5.41) is 13.0. The molecule has 0 bridgehead atoms. The van der Waals surface area contributed by atoms with Crippen molar-refractivity contribution in [1.29, 1.82) is 0 Å². The molecule has 1 aromatic rings. The number of amides is 1. The molecule has 3 N–H and O–H groups in total. The monoisotopic (exact) mass is 339 g/mol. The number of carbonyl (C=O) groups excluding carboxylic acids is 1. The molecule has 0 aromatic carbocycles. The second kappa shape index (κ2) is 9.79. The highest BCUT2D eigenvalue weighted by Crippen LogP contribution is 2.06. The van der Waals surface area contributed by atoms with Crippen LogP contribution in [0.4, 0.5) is 4.79 Å². The SMILES string of the molecule is CCc1cc(CNC(=NC)NCCCNC(=O)OC(C)(C)C)on1. The molecule has 136 valence electrons. The molecule has 0 spiro atoms. The molecular weight excluding hydrogens is 310 g/mol. The van der Waals surface area contributed by atoms with Crippen LogP contribution in [0, 0.1) is 0 Å². The highest BCUT2D eigenvalue weighted by Gasteiger charge is 2.15. The van der Waals surface area contributed by atoms with E-state index in [-0.39, 0.29) is 0 Å². The van der Waals surface area contributed by atoms with E-state index in [1.54, 1.807) is 7.05 Å². The minimum atomic E-state index is -0.480. The smallest absolute Gasteiger partial charge is 0.407 e. The summed E-state index contributed by atoms with van der Waals surface area (Å²) in [4.78, 5) is 15.6. The predicted molar refractivity (Wildman–Crippen MR) is 92.9 cm³/mol. The number of aliphatic imine (C=N–C) groups is 1. The van der Waals surface area contributed by atoms with Crippen LogP contribution in [0.25, 0.3) is 0 Å². The zero-order valence-electron chi connectivity index (χ0n) is 15.2. The van der Waals surface area contributed by atoms with Crippen LogP contribution in [0.2, 0.25) is 0 Å². The zero-order chi connectivity index (χ0) is 18.0. The van der Waals surface area contributed by atoms with Crippen LogP contribution in [-0.2, 0) is 17.7 Å². The maximum Gasteiger partial charge on any atom is 0.407 e. The van der Waals surface area contributed by atoms with Gasteiger partial charge in [-0.25, -0.2) is 4.79 Å². The summed E-state index contributed by atoms with van der Waals surface area (Å²) in [6, 6.07) is 1.92. The number of nitrogens with zero attached hydrogens (tertiary/aromatic N) is 2. The molecule has 1 rings (SSSR count). The lowest BCUT2D eigenvalue weighted by Gasteiger charge is -2.19. The fourth-order valence-electron chi connectivity index (χ4n) is 1.80. The van der Waals surface area contributed by atoms with Gasteiger partial charge in [-0.15, -0.1) is 0 Å². The molecule has 0 fully saturated rings. The van der Waals surface area contributed by atoms with E-state index in [4.69, 9.17) is 9.26 Å². The number of ether oxygens (including phenoxy) is 1. The molecule has 24 heavy (non-hydrogen) atoms. The Morgan fingerprint density at radius 2 is 2.00 bits per heavy atom. The summed E-state index contributed by atoms with van der Waals surface area (Å²) in [5.41, 5.74) is 0.454. The van der Waals surface area contributed by atoms with Crippen molar-refractivity contribution >= 4 is 12.1 Å². The van der Waals surface area contributed by atoms with Gasteiger partial charge in [0.05, 0.1) is 12.2 Å². The topological polar surface area (TPSA) is 101 Å². The third-order valence-electron chi connectivity index (χ3n) is 2.94. The quantitative estimate of drug-likeness (QED) is 0.398. The lowest BCUT2D eigenvalue weighted by atomic mass is 10.2. The molecule has 0 unspecified atom stereocenters. The van der Waals surface area contributed by atoms with Crippen molar-refractivity contribution in [1.82, 2.24) is 21.1 Å². The molecule has 8 nitrogen and oxygen atoms in total. The van der Waals surface area contributed by atoms with Gasteiger partial charge in [0.25, 0.3) is 0 Å². The van der Waals surface area contributed by atoms with Gasteiger partial charge in [0.1, 0.15) is 5.60 Å². The second-order valence-corrected chi connectivity index (χ2v) is 6.27. The second-order valence-electron chi connectivity index (χ2n) is 6.27. The molecule has 0 aliphatic heterocycles. The Morgan fingerprint density at radius 3 is 2.58 bits per heavy atom. The van der Waals surface area contributed by atoms with Gasteiger partial charge in [-0.1, -0.05) is 12.1 Å². The predicted octanol–water partition coefficient (Wildman–Crippen LogP) is 1.82. The molecule has 1 aromatic heterocycles. The number of guanidine groups is 1. The van der Waals surface area contributed by atoms with Crippen LogP contribution < -0.4 is 16.0 Å². The number of hydrogen-bond donors (Lipinski definition) is 3. The lowest BCUT2D eigenvalue weighted by Crippen LogP contribution is -2.39. The van der Waals surface area contributed by atoms with Crippen LogP contribution in [0.3, 0.4) is 0 Å². The summed E-state index contributed by atoms with van der Waals surface area (Å²) in [6.45, 7) is 9.25. The first-order valence-electron chi connectivity index (χ1n) is 8.20.